The Kier molecular flexibility index (Phi) is 7.87. The molecular formula is C31H37ClO5Si. The van der Waals surface area contributed by atoms with E-state index in [0.717, 1.165) is 39.1 Å². The summed E-state index contributed by atoms with van der Waals surface area (Å²) in [5, 5.41) is 9.86. The Hall–Kier alpha value is -2.96. The molecule has 1 aliphatic heterocycles. The second kappa shape index (κ2) is 10.7. The van der Waals surface area contributed by atoms with Crippen LogP contribution in [0.3, 0.4) is 0 Å². The second-order valence-electron chi connectivity index (χ2n) is 11.7. The molecular weight excluding hydrogens is 516 g/mol. The molecule has 1 aliphatic rings. The minimum atomic E-state index is -2.03. The van der Waals surface area contributed by atoms with Crippen molar-refractivity contribution in [2.45, 2.75) is 71.7 Å². The summed E-state index contributed by atoms with van der Waals surface area (Å²) < 4.78 is 18.4. The molecule has 4 rings (SSSR count). The molecule has 1 atom stereocenters. The Morgan fingerprint density at radius 3 is 2.55 bits per heavy atom. The normalized spacial score (nSPS) is 15.1. The molecule has 1 N–H and O–H groups in total. The van der Waals surface area contributed by atoms with Gasteiger partial charge in [-0.15, -0.1) is 0 Å². The highest BCUT2D eigenvalue weighted by Crippen LogP contribution is 2.43. The molecule has 0 radical (unpaired) electrons. The van der Waals surface area contributed by atoms with Crippen molar-refractivity contribution < 1.29 is 23.8 Å². The fourth-order valence-electron chi connectivity index (χ4n) is 4.58. The largest absolute Gasteiger partial charge is 0.542 e. The Bertz CT molecular complexity index is 1360. The van der Waals surface area contributed by atoms with Crippen molar-refractivity contribution >= 4 is 25.9 Å². The number of halogens is 1. The number of aliphatic carboxylic acids is 1. The lowest BCUT2D eigenvalue weighted by molar-refractivity contribution is -0.137. The van der Waals surface area contributed by atoms with Gasteiger partial charge in [0.15, 0.2) is 0 Å². The molecule has 0 fully saturated rings. The van der Waals surface area contributed by atoms with Crippen molar-refractivity contribution in [3.63, 3.8) is 0 Å². The summed E-state index contributed by atoms with van der Waals surface area (Å²) in [6.07, 6.45) is 0.0617. The first-order valence-corrected chi connectivity index (χ1v) is 16.2. The first-order chi connectivity index (χ1) is 17.8. The van der Waals surface area contributed by atoms with E-state index < -0.39 is 14.3 Å². The summed E-state index contributed by atoms with van der Waals surface area (Å²) in [7, 11) is -2.03. The maximum atomic E-state index is 11.1. The highest BCUT2D eigenvalue weighted by Gasteiger charge is 2.39. The number of benzene rings is 3. The fraction of sp³-hybridized carbons (Fsp3) is 0.387. The van der Waals surface area contributed by atoms with E-state index in [-0.39, 0.29) is 17.4 Å². The van der Waals surface area contributed by atoms with Crippen LogP contribution in [0.25, 0.3) is 11.1 Å². The van der Waals surface area contributed by atoms with Gasteiger partial charge >= 0.3 is 5.97 Å². The molecule has 0 saturated heterocycles. The highest BCUT2D eigenvalue weighted by molar-refractivity contribution is 6.74. The number of carboxylic acid groups (broad SMARTS) is 1. The lowest BCUT2D eigenvalue weighted by atomic mass is 9.94. The second-order valence-corrected chi connectivity index (χ2v) is 16.8. The molecule has 0 bridgehead atoms. The van der Waals surface area contributed by atoms with Crippen molar-refractivity contribution in [1.29, 1.82) is 0 Å². The Labute approximate surface area is 231 Å². The van der Waals surface area contributed by atoms with Crippen LogP contribution in [-0.2, 0) is 11.4 Å². The summed E-state index contributed by atoms with van der Waals surface area (Å²) in [5.41, 5.74) is 6.26. The molecule has 0 saturated carbocycles. The van der Waals surface area contributed by atoms with Gasteiger partial charge in [0.2, 0.25) is 0 Å². The van der Waals surface area contributed by atoms with Crippen LogP contribution in [-0.4, -0.2) is 26.0 Å². The third-order valence-corrected chi connectivity index (χ3v) is 12.6. The van der Waals surface area contributed by atoms with Gasteiger partial charge in [-0.3, -0.25) is 4.79 Å². The topological polar surface area (TPSA) is 65.0 Å². The number of rotatable bonds is 8. The smallest absolute Gasteiger partial charge is 0.304 e. The minimum absolute atomic E-state index is 0.0617. The van der Waals surface area contributed by atoms with E-state index in [4.69, 9.17) is 30.6 Å². The molecule has 202 valence electrons. The van der Waals surface area contributed by atoms with Crippen molar-refractivity contribution in [1.82, 2.24) is 0 Å². The molecule has 0 aliphatic carbocycles. The molecule has 38 heavy (non-hydrogen) atoms. The van der Waals surface area contributed by atoms with Gasteiger partial charge in [-0.05, 0) is 78.0 Å². The van der Waals surface area contributed by atoms with Crippen LogP contribution < -0.4 is 13.9 Å². The molecule has 0 amide bonds. The minimum Gasteiger partial charge on any atom is -0.542 e. The zero-order chi connectivity index (χ0) is 27.8. The van der Waals surface area contributed by atoms with Crippen LogP contribution in [0.5, 0.6) is 17.2 Å². The van der Waals surface area contributed by atoms with E-state index in [2.05, 4.69) is 65.9 Å². The summed E-state index contributed by atoms with van der Waals surface area (Å²) in [6.45, 7) is 16.1. The molecule has 0 unspecified atom stereocenters. The third kappa shape index (κ3) is 5.86. The highest BCUT2D eigenvalue weighted by atomic mass is 35.5. The fourth-order valence-corrected chi connectivity index (χ4v) is 5.85. The van der Waals surface area contributed by atoms with Crippen LogP contribution in [0.2, 0.25) is 23.2 Å². The van der Waals surface area contributed by atoms with Crippen LogP contribution in [0.4, 0.5) is 0 Å². The average Bonchev–Trinajstić information content (AvgIpc) is 3.22. The third-order valence-electron chi connectivity index (χ3n) is 7.74. The van der Waals surface area contributed by atoms with Crippen LogP contribution in [0.1, 0.15) is 55.4 Å². The van der Waals surface area contributed by atoms with Crippen LogP contribution in [0.15, 0.2) is 48.5 Å². The number of fused-ring (bicyclic) bond motifs is 1. The van der Waals surface area contributed by atoms with Crippen molar-refractivity contribution in [2.24, 2.45) is 0 Å². The Morgan fingerprint density at radius 1 is 1.13 bits per heavy atom. The monoisotopic (exact) mass is 552 g/mol. The standard InChI is InChI=1S/C31H37ClO5Si/c1-19-13-27(37-38(6,7)31(3,4)5)30(32)20(2)29(19)22-10-8-9-21(14-22)17-35-24-11-12-25-23(15-28(33)34)18-36-26(25)16-24/h8-14,16,23H,15,17-18H2,1-7H3,(H,33,34)/t23-/m1/s1. The van der Waals surface area contributed by atoms with Gasteiger partial charge in [0, 0.05) is 17.5 Å². The zero-order valence-electron chi connectivity index (χ0n) is 23.3. The van der Waals surface area contributed by atoms with E-state index in [1.807, 2.05) is 30.3 Å². The zero-order valence-corrected chi connectivity index (χ0v) is 25.0. The quantitative estimate of drug-likeness (QED) is 0.284. The maximum absolute atomic E-state index is 11.1. The van der Waals surface area contributed by atoms with Gasteiger partial charge in [0.05, 0.1) is 18.1 Å². The molecule has 3 aromatic carbocycles. The first kappa shape index (κ1) is 28.1. The van der Waals surface area contributed by atoms with Crippen molar-refractivity contribution in [3.8, 4) is 28.4 Å². The molecule has 0 spiro atoms. The summed E-state index contributed by atoms with van der Waals surface area (Å²) in [4.78, 5) is 11.1. The van der Waals surface area contributed by atoms with E-state index in [9.17, 15) is 4.79 Å². The Morgan fingerprint density at radius 2 is 1.87 bits per heavy atom. The molecule has 3 aromatic rings. The van der Waals surface area contributed by atoms with Crippen molar-refractivity contribution in [2.75, 3.05) is 6.61 Å². The molecule has 5 nitrogen and oxygen atoms in total. The van der Waals surface area contributed by atoms with E-state index in [1.54, 1.807) is 0 Å². The predicted octanol–water partition coefficient (Wildman–Crippen LogP) is 8.54. The number of ether oxygens (including phenoxy) is 2. The van der Waals surface area contributed by atoms with Gasteiger partial charge in [-0.1, -0.05) is 56.6 Å². The average molecular weight is 553 g/mol. The number of carbonyl (C=O) groups is 1. The first-order valence-electron chi connectivity index (χ1n) is 13.0. The summed E-state index contributed by atoms with van der Waals surface area (Å²) in [6, 6.07) is 16.0. The van der Waals surface area contributed by atoms with E-state index in [1.165, 1.54) is 0 Å². The number of hydrogen-bond acceptors (Lipinski definition) is 4. The van der Waals surface area contributed by atoms with Gasteiger partial charge < -0.3 is 19.0 Å². The van der Waals surface area contributed by atoms with Crippen LogP contribution >= 0.6 is 11.6 Å². The maximum Gasteiger partial charge on any atom is 0.304 e. The van der Waals surface area contributed by atoms with Gasteiger partial charge in [0.25, 0.3) is 8.32 Å². The van der Waals surface area contributed by atoms with Crippen molar-refractivity contribution in [3.05, 3.63) is 75.8 Å². The lowest BCUT2D eigenvalue weighted by Crippen LogP contribution is -2.44. The molecule has 1 heterocycles. The SMILES string of the molecule is Cc1cc(O[Si](C)(C)C(C)(C)C)c(Cl)c(C)c1-c1cccc(COc2ccc3c(c2)OC[C@H]3CC(=O)O)c1. The summed E-state index contributed by atoms with van der Waals surface area (Å²) >= 11 is 6.87. The van der Waals surface area contributed by atoms with Gasteiger partial charge in [-0.25, -0.2) is 0 Å². The van der Waals surface area contributed by atoms with Gasteiger partial charge in [0.1, 0.15) is 23.9 Å². The number of hydrogen-bond donors (Lipinski definition) is 1. The van der Waals surface area contributed by atoms with Crippen LogP contribution in [0, 0.1) is 13.8 Å². The van der Waals surface area contributed by atoms with E-state index >= 15 is 0 Å². The Balaban J connectivity index is 1.53. The lowest BCUT2D eigenvalue weighted by Gasteiger charge is -2.37. The number of aryl methyl sites for hydroxylation is 1. The van der Waals surface area contributed by atoms with E-state index in [0.29, 0.717) is 29.7 Å². The van der Waals surface area contributed by atoms with Gasteiger partial charge in [-0.2, -0.15) is 0 Å². The molecule has 7 heteroatoms. The summed E-state index contributed by atoms with van der Waals surface area (Å²) in [5.74, 6) is 1.21. The number of carboxylic acids is 1. The predicted molar refractivity (Wildman–Crippen MR) is 155 cm³/mol. The molecule has 0 aromatic heterocycles.